The predicted molar refractivity (Wildman–Crippen MR) is 74.3 cm³/mol. The number of piperidine rings is 1. The van der Waals surface area contributed by atoms with Crippen molar-refractivity contribution in [2.24, 2.45) is 0 Å². The maximum Gasteiger partial charge on any atom is 0.146 e. The van der Waals surface area contributed by atoms with Gasteiger partial charge < -0.3 is 14.7 Å². The molecule has 1 aliphatic heterocycles. The highest BCUT2D eigenvalue weighted by Gasteiger charge is 2.17. The smallest absolute Gasteiger partial charge is 0.146 e. The van der Waals surface area contributed by atoms with Crippen LogP contribution in [-0.2, 0) is 0 Å². The second-order valence-electron chi connectivity index (χ2n) is 5.76. The first-order chi connectivity index (χ1) is 8.96. The molecule has 1 fully saturated rings. The Morgan fingerprint density at radius 3 is 2.58 bits per heavy atom. The Morgan fingerprint density at radius 2 is 1.95 bits per heavy atom. The van der Waals surface area contributed by atoms with Crippen LogP contribution in [0.5, 0.6) is 5.75 Å². The van der Waals surface area contributed by atoms with E-state index in [0.29, 0.717) is 11.4 Å². The predicted octanol–water partition coefficient (Wildman–Crippen LogP) is 2.97. The Balaban J connectivity index is 2.10. The molecule has 0 saturated carbocycles. The van der Waals surface area contributed by atoms with Crippen LogP contribution in [0, 0.1) is 5.82 Å². The third kappa shape index (κ3) is 4.10. The minimum absolute atomic E-state index is 0.193. The molecule has 0 unspecified atom stereocenters. The van der Waals surface area contributed by atoms with Gasteiger partial charge in [0.15, 0.2) is 0 Å². The van der Waals surface area contributed by atoms with Gasteiger partial charge in [-0.05, 0) is 45.2 Å². The van der Waals surface area contributed by atoms with Crippen LogP contribution < -0.4 is 9.64 Å². The number of aliphatic hydroxyl groups is 1. The van der Waals surface area contributed by atoms with E-state index in [4.69, 9.17) is 4.74 Å². The van der Waals surface area contributed by atoms with Crippen LogP contribution in [0.2, 0.25) is 0 Å². The summed E-state index contributed by atoms with van der Waals surface area (Å²) in [4.78, 5) is 2.07. The molecule has 4 heteroatoms. The van der Waals surface area contributed by atoms with Gasteiger partial charge in [-0.3, -0.25) is 0 Å². The molecule has 0 bridgehead atoms. The summed E-state index contributed by atoms with van der Waals surface area (Å²) in [5.74, 6) is 0.390. The molecule has 19 heavy (non-hydrogen) atoms. The van der Waals surface area contributed by atoms with Gasteiger partial charge in [-0.25, -0.2) is 4.39 Å². The second kappa shape index (κ2) is 5.78. The van der Waals surface area contributed by atoms with Crippen molar-refractivity contribution in [2.75, 3.05) is 24.6 Å². The summed E-state index contributed by atoms with van der Waals surface area (Å²) < 4.78 is 19.4. The Morgan fingerprint density at radius 1 is 1.26 bits per heavy atom. The SMILES string of the molecule is CC(C)(O)COc1ccc(F)c(N2CCCCC2)c1. The average molecular weight is 267 g/mol. The maximum atomic E-state index is 13.9. The van der Waals surface area contributed by atoms with E-state index in [1.54, 1.807) is 26.0 Å². The zero-order valence-corrected chi connectivity index (χ0v) is 11.7. The molecule has 3 nitrogen and oxygen atoms in total. The van der Waals surface area contributed by atoms with Gasteiger partial charge in [0, 0.05) is 19.2 Å². The summed E-state index contributed by atoms with van der Waals surface area (Å²) in [7, 11) is 0. The molecule has 1 N–H and O–H groups in total. The first-order valence-electron chi connectivity index (χ1n) is 6.85. The van der Waals surface area contributed by atoms with Gasteiger partial charge in [-0.1, -0.05) is 0 Å². The maximum absolute atomic E-state index is 13.9. The normalized spacial score (nSPS) is 16.5. The van der Waals surface area contributed by atoms with E-state index in [9.17, 15) is 9.50 Å². The molecule has 1 saturated heterocycles. The zero-order chi connectivity index (χ0) is 13.9. The number of rotatable bonds is 4. The van der Waals surface area contributed by atoms with E-state index in [1.165, 1.54) is 12.5 Å². The average Bonchev–Trinajstić information content (AvgIpc) is 2.38. The zero-order valence-electron chi connectivity index (χ0n) is 11.7. The monoisotopic (exact) mass is 267 g/mol. The summed E-state index contributed by atoms with van der Waals surface area (Å²) in [5, 5.41) is 9.64. The standard InChI is InChI=1S/C15H22FNO2/c1-15(2,18)11-19-12-6-7-13(16)14(10-12)17-8-4-3-5-9-17/h6-7,10,18H,3-5,8-9,11H2,1-2H3. The Hall–Kier alpha value is -1.29. The van der Waals surface area contributed by atoms with Crippen molar-refractivity contribution in [3.63, 3.8) is 0 Å². The Bertz CT molecular complexity index is 423. The van der Waals surface area contributed by atoms with Crippen molar-refractivity contribution in [3.8, 4) is 5.75 Å². The number of anilines is 1. The van der Waals surface area contributed by atoms with Crippen LogP contribution >= 0.6 is 0 Å². The molecule has 1 aromatic rings. The van der Waals surface area contributed by atoms with Crippen molar-refractivity contribution in [3.05, 3.63) is 24.0 Å². The lowest BCUT2D eigenvalue weighted by atomic mass is 10.1. The minimum Gasteiger partial charge on any atom is -0.491 e. The van der Waals surface area contributed by atoms with Crippen LogP contribution in [0.25, 0.3) is 0 Å². The van der Waals surface area contributed by atoms with Gasteiger partial charge in [0.05, 0.1) is 11.3 Å². The number of ether oxygens (including phenoxy) is 1. The number of halogens is 1. The lowest BCUT2D eigenvalue weighted by Gasteiger charge is -2.29. The first-order valence-corrected chi connectivity index (χ1v) is 6.85. The summed E-state index contributed by atoms with van der Waals surface area (Å²) in [6, 6.07) is 4.77. The summed E-state index contributed by atoms with van der Waals surface area (Å²) in [5.41, 5.74) is -0.285. The van der Waals surface area contributed by atoms with Crippen LogP contribution in [-0.4, -0.2) is 30.4 Å². The van der Waals surface area contributed by atoms with E-state index < -0.39 is 5.60 Å². The lowest BCUT2D eigenvalue weighted by molar-refractivity contribution is 0.0285. The molecule has 2 rings (SSSR count). The summed E-state index contributed by atoms with van der Waals surface area (Å²) in [6.07, 6.45) is 3.43. The fraction of sp³-hybridized carbons (Fsp3) is 0.600. The fourth-order valence-corrected chi connectivity index (χ4v) is 2.22. The van der Waals surface area contributed by atoms with E-state index in [0.717, 1.165) is 25.9 Å². The second-order valence-corrected chi connectivity index (χ2v) is 5.76. The fourth-order valence-electron chi connectivity index (χ4n) is 2.22. The van der Waals surface area contributed by atoms with Gasteiger partial charge in [0.2, 0.25) is 0 Å². The summed E-state index contributed by atoms with van der Waals surface area (Å²) >= 11 is 0. The summed E-state index contributed by atoms with van der Waals surface area (Å²) in [6.45, 7) is 5.35. The van der Waals surface area contributed by atoms with E-state index in [1.807, 2.05) is 0 Å². The van der Waals surface area contributed by atoms with E-state index in [2.05, 4.69) is 4.90 Å². The topological polar surface area (TPSA) is 32.7 Å². The van der Waals surface area contributed by atoms with E-state index in [-0.39, 0.29) is 12.4 Å². The molecule has 1 aliphatic rings. The number of hydrogen-bond donors (Lipinski definition) is 1. The molecule has 0 radical (unpaired) electrons. The van der Waals surface area contributed by atoms with Crippen LogP contribution in [0.15, 0.2) is 18.2 Å². The van der Waals surface area contributed by atoms with Crippen molar-refractivity contribution < 1.29 is 14.2 Å². The Labute approximate surface area is 114 Å². The van der Waals surface area contributed by atoms with Crippen molar-refractivity contribution in [1.82, 2.24) is 0 Å². The van der Waals surface area contributed by atoms with Gasteiger partial charge in [-0.2, -0.15) is 0 Å². The van der Waals surface area contributed by atoms with Crippen molar-refractivity contribution in [1.29, 1.82) is 0 Å². The molecular formula is C15H22FNO2. The molecule has 0 amide bonds. The largest absolute Gasteiger partial charge is 0.491 e. The van der Waals surface area contributed by atoms with E-state index >= 15 is 0 Å². The third-order valence-electron chi connectivity index (χ3n) is 3.21. The molecule has 1 heterocycles. The molecule has 1 aromatic carbocycles. The quantitative estimate of drug-likeness (QED) is 0.910. The highest BCUT2D eigenvalue weighted by Crippen LogP contribution is 2.27. The van der Waals surface area contributed by atoms with Gasteiger partial charge in [-0.15, -0.1) is 0 Å². The highest BCUT2D eigenvalue weighted by molar-refractivity contribution is 5.52. The van der Waals surface area contributed by atoms with Crippen LogP contribution in [0.1, 0.15) is 33.1 Å². The van der Waals surface area contributed by atoms with Crippen LogP contribution in [0.4, 0.5) is 10.1 Å². The number of benzene rings is 1. The lowest BCUT2D eigenvalue weighted by Crippen LogP contribution is -2.30. The molecule has 0 aliphatic carbocycles. The third-order valence-corrected chi connectivity index (χ3v) is 3.21. The van der Waals surface area contributed by atoms with Crippen molar-refractivity contribution in [2.45, 2.75) is 38.7 Å². The number of nitrogens with zero attached hydrogens (tertiary/aromatic N) is 1. The highest BCUT2D eigenvalue weighted by atomic mass is 19.1. The number of hydrogen-bond acceptors (Lipinski definition) is 3. The van der Waals surface area contributed by atoms with Crippen LogP contribution in [0.3, 0.4) is 0 Å². The minimum atomic E-state index is -0.889. The van der Waals surface area contributed by atoms with Gasteiger partial charge >= 0.3 is 0 Å². The molecule has 0 spiro atoms. The molecule has 106 valence electrons. The molecular weight excluding hydrogens is 245 g/mol. The van der Waals surface area contributed by atoms with Gasteiger partial charge in [0.25, 0.3) is 0 Å². The molecule has 0 atom stereocenters. The van der Waals surface area contributed by atoms with Gasteiger partial charge in [0.1, 0.15) is 18.2 Å². The van der Waals surface area contributed by atoms with Crippen molar-refractivity contribution >= 4 is 5.69 Å². The first kappa shape index (κ1) is 14.1. The molecule has 0 aromatic heterocycles. The Kier molecular flexibility index (Phi) is 4.30.